The van der Waals surface area contributed by atoms with Crippen molar-refractivity contribution < 1.29 is 23.5 Å². The Bertz CT molecular complexity index is 1480. The van der Waals surface area contributed by atoms with Crippen LogP contribution in [-0.4, -0.2) is 29.2 Å². The van der Waals surface area contributed by atoms with E-state index in [1.54, 1.807) is 37.3 Å². The Balaban J connectivity index is 1.68. The Hall–Kier alpha value is -4.26. The van der Waals surface area contributed by atoms with Gasteiger partial charge in [0.25, 0.3) is 0 Å². The molecule has 0 saturated carbocycles. The summed E-state index contributed by atoms with van der Waals surface area (Å²) < 4.78 is 20.0. The number of carbonyl (C=O) groups excluding carboxylic acids is 3. The van der Waals surface area contributed by atoms with Gasteiger partial charge in [-0.3, -0.25) is 14.4 Å². The fraction of sp³-hybridized carbons (Fsp3) is 0.233. The van der Waals surface area contributed by atoms with Crippen molar-refractivity contribution in [2.24, 2.45) is 5.92 Å². The monoisotopic (exact) mass is 498 g/mol. The Morgan fingerprint density at radius 3 is 2.41 bits per heavy atom. The first kappa shape index (κ1) is 24.4. The van der Waals surface area contributed by atoms with Crippen LogP contribution in [-0.2, 0) is 31.1 Å². The van der Waals surface area contributed by atoms with Crippen LogP contribution in [0.25, 0.3) is 10.9 Å². The van der Waals surface area contributed by atoms with Crippen molar-refractivity contribution in [3.8, 4) is 0 Å². The number of rotatable bonds is 7. The number of aromatic nitrogens is 1. The number of Topliss-reactive ketones (excluding diaryl/α,β-unsaturated/α-hetero) is 1. The molecule has 5 rings (SSSR count). The van der Waals surface area contributed by atoms with E-state index in [2.05, 4.69) is 10.3 Å². The van der Waals surface area contributed by atoms with E-state index in [0.29, 0.717) is 29.7 Å². The van der Waals surface area contributed by atoms with Gasteiger partial charge in [-0.2, -0.15) is 0 Å². The van der Waals surface area contributed by atoms with Crippen molar-refractivity contribution in [1.82, 2.24) is 10.3 Å². The number of hydrogen-bond donors (Lipinski definition) is 2. The molecule has 188 valence electrons. The van der Waals surface area contributed by atoms with E-state index in [0.717, 1.165) is 16.5 Å². The average Bonchev–Trinajstić information content (AvgIpc) is 3.35. The summed E-state index contributed by atoms with van der Waals surface area (Å²) in [6.07, 6.45) is 0.426. The molecule has 7 heteroatoms. The summed E-state index contributed by atoms with van der Waals surface area (Å²) in [5, 5.41) is 3.57. The van der Waals surface area contributed by atoms with Gasteiger partial charge in [0.05, 0.1) is 0 Å². The summed E-state index contributed by atoms with van der Waals surface area (Å²) in [5.41, 5.74) is 1.93. The van der Waals surface area contributed by atoms with Gasteiger partial charge in [-0.05, 0) is 42.7 Å². The van der Waals surface area contributed by atoms with Crippen LogP contribution in [0.1, 0.15) is 42.1 Å². The zero-order valence-corrected chi connectivity index (χ0v) is 20.6. The third-order valence-electron chi connectivity index (χ3n) is 7.09. The largest absolute Gasteiger partial charge is 0.446 e. The Kier molecular flexibility index (Phi) is 6.38. The van der Waals surface area contributed by atoms with E-state index in [9.17, 15) is 18.8 Å². The summed E-state index contributed by atoms with van der Waals surface area (Å²) in [6.45, 7) is 3.41. The molecule has 1 fully saturated rings. The number of aromatic amines is 1. The highest BCUT2D eigenvalue weighted by molar-refractivity contribution is 6.10. The number of cyclic esters (lactones) is 1. The van der Waals surface area contributed by atoms with Gasteiger partial charge in [0.2, 0.25) is 5.91 Å². The molecule has 3 atom stereocenters. The predicted molar refractivity (Wildman–Crippen MR) is 137 cm³/mol. The Morgan fingerprint density at radius 1 is 1.05 bits per heavy atom. The molecule has 1 aliphatic heterocycles. The van der Waals surface area contributed by atoms with E-state index in [1.807, 2.05) is 36.4 Å². The molecule has 0 aliphatic carbocycles. The minimum Gasteiger partial charge on any atom is -0.446 e. The highest BCUT2D eigenvalue weighted by Gasteiger charge is 2.56. The van der Waals surface area contributed by atoms with Gasteiger partial charge in [-0.15, -0.1) is 0 Å². The normalized spacial score (nSPS) is 20.1. The highest BCUT2D eigenvalue weighted by atomic mass is 19.1. The molecule has 0 bridgehead atoms. The molecule has 1 amide bonds. The maximum atomic E-state index is 14.2. The fourth-order valence-electron chi connectivity index (χ4n) is 5.30. The number of carbonyl (C=O) groups is 3. The second kappa shape index (κ2) is 9.65. The molecule has 3 aromatic carbocycles. The number of H-pyrrole nitrogens is 1. The second-order valence-corrected chi connectivity index (χ2v) is 9.49. The van der Waals surface area contributed by atoms with Crippen LogP contribution >= 0.6 is 0 Å². The Morgan fingerprint density at radius 2 is 1.73 bits per heavy atom. The van der Waals surface area contributed by atoms with Crippen LogP contribution in [0.15, 0.2) is 78.9 Å². The molecular formula is C30H27FN2O4. The number of ether oxygens (including phenoxy) is 1. The molecular weight excluding hydrogens is 471 g/mol. The van der Waals surface area contributed by atoms with Crippen molar-refractivity contribution in [3.05, 3.63) is 107 Å². The lowest BCUT2D eigenvalue weighted by Crippen LogP contribution is -2.34. The number of esters is 1. The fourth-order valence-corrected chi connectivity index (χ4v) is 5.30. The van der Waals surface area contributed by atoms with Gasteiger partial charge in [0, 0.05) is 41.5 Å². The van der Waals surface area contributed by atoms with Gasteiger partial charge >= 0.3 is 5.97 Å². The molecule has 3 unspecified atom stereocenters. The predicted octanol–water partition coefficient (Wildman–Crippen LogP) is 4.78. The molecule has 37 heavy (non-hydrogen) atoms. The lowest BCUT2D eigenvalue weighted by Gasteiger charge is -2.24. The molecule has 0 radical (unpaired) electrons. The van der Waals surface area contributed by atoms with Crippen molar-refractivity contribution >= 4 is 28.6 Å². The van der Waals surface area contributed by atoms with Crippen LogP contribution in [0.4, 0.5) is 4.39 Å². The maximum Gasteiger partial charge on any atom is 0.319 e. The first-order valence-corrected chi connectivity index (χ1v) is 12.2. The molecule has 0 spiro atoms. The van der Waals surface area contributed by atoms with E-state index < -0.39 is 29.2 Å². The van der Waals surface area contributed by atoms with Crippen LogP contribution in [0.3, 0.4) is 0 Å². The topological polar surface area (TPSA) is 88.3 Å². The zero-order chi connectivity index (χ0) is 26.2. The zero-order valence-electron chi connectivity index (χ0n) is 20.6. The first-order valence-electron chi connectivity index (χ1n) is 12.2. The molecule has 2 N–H and O–H groups in total. The van der Waals surface area contributed by atoms with Crippen molar-refractivity contribution in [2.75, 3.05) is 6.54 Å². The second-order valence-electron chi connectivity index (χ2n) is 9.49. The number of amides is 1. The third-order valence-corrected chi connectivity index (χ3v) is 7.09. The van der Waals surface area contributed by atoms with Gasteiger partial charge in [-0.1, -0.05) is 60.7 Å². The molecule has 4 aromatic rings. The first-order chi connectivity index (χ1) is 17.8. The summed E-state index contributed by atoms with van der Waals surface area (Å²) >= 11 is 0. The summed E-state index contributed by atoms with van der Waals surface area (Å²) in [5.74, 6) is -3.34. The number of ketones is 1. The lowest BCUT2D eigenvalue weighted by molar-refractivity contribution is -0.152. The average molecular weight is 499 g/mol. The van der Waals surface area contributed by atoms with E-state index in [-0.39, 0.29) is 11.7 Å². The number of benzene rings is 3. The van der Waals surface area contributed by atoms with Crippen molar-refractivity contribution in [1.29, 1.82) is 0 Å². The van der Waals surface area contributed by atoms with Gasteiger partial charge in [-0.25, -0.2) is 4.39 Å². The quantitative estimate of drug-likeness (QED) is 0.284. The molecule has 1 saturated heterocycles. The summed E-state index contributed by atoms with van der Waals surface area (Å²) in [4.78, 5) is 42.4. The lowest BCUT2D eigenvalue weighted by atomic mass is 9.76. The summed E-state index contributed by atoms with van der Waals surface area (Å²) in [6, 6.07) is 22.7. The Labute approximate surface area is 213 Å². The molecule has 1 aromatic heterocycles. The van der Waals surface area contributed by atoms with Gasteiger partial charge in [0.15, 0.2) is 11.4 Å². The minimum absolute atomic E-state index is 0.166. The number of hydrogen-bond acceptors (Lipinski definition) is 4. The van der Waals surface area contributed by atoms with Crippen LogP contribution in [0.5, 0.6) is 0 Å². The van der Waals surface area contributed by atoms with E-state index in [1.165, 1.54) is 19.1 Å². The van der Waals surface area contributed by atoms with Gasteiger partial charge < -0.3 is 15.0 Å². The molecule has 6 nitrogen and oxygen atoms in total. The minimum atomic E-state index is -1.43. The highest BCUT2D eigenvalue weighted by Crippen LogP contribution is 2.46. The van der Waals surface area contributed by atoms with E-state index >= 15 is 0 Å². The van der Waals surface area contributed by atoms with Crippen molar-refractivity contribution in [2.45, 2.75) is 31.8 Å². The third kappa shape index (κ3) is 4.42. The number of nitrogens with one attached hydrogen (secondary N) is 2. The maximum absolute atomic E-state index is 14.2. The smallest absolute Gasteiger partial charge is 0.319 e. The number of halogens is 1. The van der Waals surface area contributed by atoms with Crippen molar-refractivity contribution in [3.63, 3.8) is 0 Å². The van der Waals surface area contributed by atoms with Crippen LogP contribution in [0.2, 0.25) is 0 Å². The van der Waals surface area contributed by atoms with Crippen LogP contribution in [0, 0.1) is 11.7 Å². The number of fused-ring (bicyclic) bond motifs is 1. The van der Waals surface area contributed by atoms with E-state index in [4.69, 9.17) is 4.74 Å². The molecule has 2 heterocycles. The van der Waals surface area contributed by atoms with Gasteiger partial charge in [0.1, 0.15) is 11.7 Å². The molecule has 1 aliphatic rings. The SMILES string of the molecule is CC(=O)NCCc1c(C(c2ccccc2)C2C(=O)OC(C)(c3ccccc3)C2=O)[nH]c2cc(F)ccc12. The van der Waals surface area contributed by atoms with Crippen LogP contribution < -0.4 is 5.32 Å². The standard InChI is InChI=1S/C30H27FN2O4/c1-18(34)32-16-15-23-22-14-13-21(31)17-24(22)33-27(23)25(19-9-5-3-6-10-19)26-28(35)30(2,37-29(26)36)20-11-7-4-8-12-20/h3-14,17,25-26,33H,15-16H2,1-2H3,(H,32,34). The summed E-state index contributed by atoms with van der Waals surface area (Å²) in [7, 11) is 0.